The summed E-state index contributed by atoms with van der Waals surface area (Å²) in [5, 5.41) is 15.7. The Morgan fingerprint density at radius 2 is 1.65 bits per heavy atom. The molecule has 0 atom stereocenters. The first-order valence-electron chi connectivity index (χ1n) is 16.7. The SMILES string of the molecule is CC(C)(C)c1ccc(CC(C)(C)c2cccc(OC(=O)Nc3ccc(-c4ccc(CN5CCOCC5)nc4)c4ccccc34)c2)c(O)c1. The van der Waals surface area contributed by atoms with Crippen LogP contribution in [0.1, 0.15) is 57.0 Å². The summed E-state index contributed by atoms with van der Waals surface area (Å²) in [6, 6.07) is 29.7. The Morgan fingerprint density at radius 3 is 2.35 bits per heavy atom. The Balaban J connectivity index is 1.15. The number of nitrogens with one attached hydrogen (secondary N) is 1. The summed E-state index contributed by atoms with van der Waals surface area (Å²) in [6.07, 6.45) is 1.99. The Labute approximate surface area is 283 Å². The predicted octanol–water partition coefficient (Wildman–Crippen LogP) is 8.87. The number of carbonyl (C=O) groups is 1. The highest BCUT2D eigenvalue weighted by atomic mass is 16.6. The second-order valence-electron chi connectivity index (χ2n) is 14.3. The standard InChI is InChI=1S/C41H45N3O4/c1-40(2,3)30-15-13-28(38(45)24-30)25-41(4,5)31-9-8-10-33(23-31)48-39(46)43-37-18-17-34(35-11-6-7-12-36(35)37)29-14-16-32(42-26-29)27-44-19-21-47-22-20-44/h6-18,23-24,26,45H,19-22,25,27H2,1-5H3,(H,43,46). The second-order valence-corrected chi connectivity index (χ2v) is 14.3. The molecule has 1 aromatic heterocycles. The van der Waals surface area contributed by atoms with Crippen molar-refractivity contribution in [1.29, 1.82) is 0 Å². The van der Waals surface area contributed by atoms with Crippen LogP contribution in [0.15, 0.2) is 97.2 Å². The molecule has 48 heavy (non-hydrogen) atoms. The molecule has 1 saturated heterocycles. The van der Waals surface area contributed by atoms with Gasteiger partial charge in [-0.15, -0.1) is 0 Å². The molecule has 1 aliphatic rings. The van der Waals surface area contributed by atoms with E-state index in [4.69, 9.17) is 14.5 Å². The molecule has 7 nitrogen and oxygen atoms in total. The van der Waals surface area contributed by atoms with Crippen molar-refractivity contribution in [2.24, 2.45) is 0 Å². The molecule has 1 aliphatic heterocycles. The maximum absolute atomic E-state index is 13.2. The normalized spacial score (nSPS) is 14.2. The van der Waals surface area contributed by atoms with E-state index in [0.717, 1.165) is 77.1 Å². The van der Waals surface area contributed by atoms with Crippen molar-refractivity contribution < 1.29 is 19.4 Å². The number of aromatic hydroxyl groups is 1. The molecule has 0 unspecified atom stereocenters. The lowest BCUT2D eigenvalue weighted by Gasteiger charge is -2.27. The molecule has 7 heteroatoms. The van der Waals surface area contributed by atoms with Gasteiger partial charge in [-0.25, -0.2) is 4.79 Å². The van der Waals surface area contributed by atoms with Crippen molar-refractivity contribution in [3.8, 4) is 22.6 Å². The molecule has 4 aromatic carbocycles. The summed E-state index contributed by atoms with van der Waals surface area (Å²) in [7, 11) is 0. The minimum atomic E-state index is -0.563. The minimum Gasteiger partial charge on any atom is -0.508 e. The number of ether oxygens (including phenoxy) is 2. The molecule has 1 fully saturated rings. The number of hydrogen-bond donors (Lipinski definition) is 2. The molecule has 6 rings (SSSR count). The minimum absolute atomic E-state index is 0.0424. The third kappa shape index (κ3) is 7.70. The van der Waals surface area contributed by atoms with E-state index in [2.05, 4.69) is 69.1 Å². The number of phenols is 1. The summed E-state index contributed by atoms with van der Waals surface area (Å²) < 4.78 is 11.3. The van der Waals surface area contributed by atoms with Crippen LogP contribution in [0.2, 0.25) is 0 Å². The fourth-order valence-corrected chi connectivity index (χ4v) is 6.31. The second kappa shape index (κ2) is 13.8. The van der Waals surface area contributed by atoms with E-state index in [1.165, 1.54) is 0 Å². The van der Waals surface area contributed by atoms with E-state index in [9.17, 15) is 9.90 Å². The maximum atomic E-state index is 13.2. The Hall–Kier alpha value is -4.72. The van der Waals surface area contributed by atoms with E-state index in [1.807, 2.05) is 66.9 Å². The molecule has 2 N–H and O–H groups in total. The van der Waals surface area contributed by atoms with Crippen LogP contribution >= 0.6 is 0 Å². The maximum Gasteiger partial charge on any atom is 0.417 e. The van der Waals surface area contributed by atoms with Gasteiger partial charge in [0.2, 0.25) is 0 Å². The van der Waals surface area contributed by atoms with Gasteiger partial charge >= 0.3 is 6.09 Å². The van der Waals surface area contributed by atoms with Crippen LogP contribution < -0.4 is 10.1 Å². The van der Waals surface area contributed by atoms with E-state index >= 15 is 0 Å². The Morgan fingerprint density at radius 1 is 0.875 bits per heavy atom. The van der Waals surface area contributed by atoms with Gasteiger partial charge in [0.25, 0.3) is 0 Å². The largest absolute Gasteiger partial charge is 0.508 e. The summed E-state index contributed by atoms with van der Waals surface area (Å²) in [4.78, 5) is 20.3. The fraction of sp³-hybridized carbons (Fsp3) is 0.317. The van der Waals surface area contributed by atoms with Crippen molar-refractivity contribution in [3.63, 3.8) is 0 Å². The lowest BCUT2D eigenvalue weighted by molar-refractivity contribution is 0.0336. The number of pyridine rings is 1. The third-order valence-electron chi connectivity index (χ3n) is 9.20. The number of rotatable bonds is 8. The van der Waals surface area contributed by atoms with Crippen molar-refractivity contribution in [2.75, 3.05) is 31.6 Å². The zero-order valence-electron chi connectivity index (χ0n) is 28.5. The number of morpholine rings is 1. The topological polar surface area (TPSA) is 83.9 Å². The number of carbonyl (C=O) groups excluding carboxylic acids is 1. The number of phenolic OH excluding ortho intramolecular Hbond substituents is 1. The van der Waals surface area contributed by atoms with Gasteiger partial charge in [-0.05, 0) is 75.2 Å². The lowest BCUT2D eigenvalue weighted by atomic mass is 9.78. The van der Waals surface area contributed by atoms with Crippen molar-refractivity contribution >= 4 is 22.6 Å². The average molecular weight is 644 g/mol. The average Bonchev–Trinajstić information content (AvgIpc) is 3.06. The monoisotopic (exact) mass is 643 g/mol. The van der Waals surface area contributed by atoms with Crippen LogP contribution in [0.4, 0.5) is 10.5 Å². The first kappa shape index (κ1) is 33.2. The van der Waals surface area contributed by atoms with Gasteiger partial charge in [0.05, 0.1) is 24.6 Å². The number of amides is 1. The van der Waals surface area contributed by atoms with Gasteiger partial charge in [-0.2, -0.15) is 0 Å². The Bertz CT molecular complexity index is 1900. The molecule has 0 spiro atoms. The van der Waals surface area contributed by atoms with Crippen LogP contribution in [0.5, 0.6) is 11.5 Å². The quantitative estimate of drug-likeness (QED) is 0.176. The lowest BCUT2D eigenvalue weighted by Crippen LogP contribution is -2.35. The van der Waals surface area contributed by atoms with Crippen molar-refractivity contribution in [2.45, 2.75) is 58.4 Å². The van der Waals surface area contributed by atoms with Crippen molar-refractivity contribution in [3.05, 3.63) is 120 Å². The number of fused-ring (bicyclic) bond motifs is 1. The first-order chi connectivity index (χ1) is 23.0. The van der Waals surface area contributed by atoms with E-state index in [-0.39, 0.29) is 10.8 Å². The van der Waals surface area contributed by atoms with E-state index in [1.54, 1.807) is 6.07 Å². The van der Waals surface area contributed by atoms with Crippen LogP contribution in [-0.4, -0.2) is 47.4 Å². The van der Waals surface area contributed by atoms with Crippen molar-refractivity contribution in [1.82, 2.24) is 9.88 Å². The highest BCUT2D eigenvalue weighted by Crippen LogP contribution is 2.36. The van der Waals surface area contributed by atoms with E-state index in [0.29, 0.717) is 23.6 Å². The Kier molecular flexibility index (Phi) is 9.54. The molecule has 0 radical (unpaired) electrons. The number of aromatic nitrogens is 1. The number of anilines is 1. The highest BCUT2D eigenvalue weighted by molar-refractivity contribution is 6.06. The number of hydrogen-bond acceptors (Lipinski definition) is 6. The number of benzene rings is 4. The van der Waals surface area contributed by atoms with Gasteiger partial charge in [-0.1, -0.05) is 95.3 Å². The van der Waals surface area contributed by atoms with Gasteiger partial charge in [0.1, 0.15) is 11.5 Å². The van der Waals surface area contributed by atoms with Crippen LogP contribution in [0.3, 0.4) is 0 Å². The molecule has 1 amide bonds. The molecule has 0 aliphatic carbocycles. The fourth-order valence-electron chi connectivity index (χ4n) is 6.31. The summed E-state index contributed by atoms with van der Waals surface area (Å²) >= 11 is 0. The molecule has 2 heterocycles. The zero-order valence-corrected chi connectivity index (χ0v) is 28.5. The van der Waals surface area contributed by atoms with Gasteiger partial charge in [0, 0.05) is 36.8 Å². The van der Waals surface area contributed by atoms with Gasteiger partial charge < -0.3 is 14.6 Å². The van der Waals surface area contributed by atoms with Crippen LogP contribution in [0, 0.1) is 0 Å². The van der Waals surface area contributed by atoms with Crippen LogP contribution in [-0.2, 0) is 28.5 Å². The van der Waals surface area contributed by atoms with E-state index < -0.39 is 6.09 Å². The molecule has 0 bridgehead atoms. The molecule has 5 aromatic rings. The summed E-state index contributed by atoms with van der Waals surface area (Å²) in [5.74, 6) is 0.757. The van der Waals surface area contributed by atoms with Gasteiger partial charge in [0.15, 0.2) is 0 Å². The predicted molar refractivity (Wildman–Crippen MR) is 193 cm³/mol. The molecule has 248 valence electrons. The van der Waals surface area contributed by atoms with Gasteiger partial charge in [-0.3, -0.25) is 15.2 Å². The zero-order chi connectivity index (χ0) is 33.9. The van der Waals surface area contributed by atoms with Crippen LogP contribution in [0.25, 0.3) is 21.9 Å². The third-order valence-corrected chi connectivity index (χ3v) is 9.20. The molecule has 0 saturated carbocycles. The summed E-state index contributed by atoms with van der Waals surface area (Å²) in [5.41, 5.74) is 6.38. The smallest absolute Gasteiger partial charge is 0.417 e. The highest BCUT2D eigenvalue weighted by Gasteiger charge is 2.25. The first-order valence-corrected chi connectivity index (χ1v) is 16.7. The summed E-state index contributed by atoms with van der Waals surface area (Å²) in [6.45, 7) is 14.9. The molecular formula is C41H45N3O4. The molecular weight excluding hydrogens is 598 g/mol. The number of nitrogens with zero attached hydrogens (tertiary/aromatic N) is 2.